The van der Waals surface area contributed by atoms with Crippen LogP contribution in [0.5, 0.6) is 0 Å². The van der Waals surface area contributed by atoms with Crippen LogP contribution in [0.1, 0.15) is 27.3 Å². The quantitative estimate of drug-likeness (QED) is 0.657. The molecule has 9 heteroatoms. The van der Waals surface area contributed by atoms with Gasteiger partial charge in [0, 0.05) is 24.0 Å². The Balaban J connectivity index is 1.69. The van der Waals surface area contributed by atoms with Crippen LogP contribution >= 0.6 is 0 Å². The third kappa shape index (κ3) is 2.76. The smallest absolute Gasteiger partial charge is 0.270 e. The van der Waals surface area contributed by atoms with Crippen molar-refractivity contribution in [2.45, 2.75) is 26.4 Å². The van der Waals surface area contributed by atoms with Crippen LogP contribution in [0.2, 0.25) is 0 Å². The molecule has 2 N–H and O–H groups in total. The first kappa shape index (κ1) is 17.2. The van der Waals surface area contributed by atoms with Crippen molar-refractivity contribution in [1.82, 2.24) is 24.1 Å². The molecule has 3 aromatic heterocycles. The maximum absolute atomic E-state index is 12.9. The van der Waals surface area contributed by atoms with E-state index in [0.717, 1.165) is 0 Å². The number of aromatic nitrogens is 4. The van der Waals surface area contributed by atoms with E-state index in [1.807, 2.05) is 0 Å². The lowest BCUT2D eigenvalue weighted by molar-refractivity contribution is 0.0729. The number of hydrogen-bond acceptors (Lipinski definition) is 5. The molecule has 4 rings (SSSR count). The molecule has 0 unspecified atom stereocenters. The number of rotatable bonds is 3. The molecule has 0 aliphatic carbocycles. The summed E-state index contributed by atoms with van der Waals surface area (Å²) in [4.78, 5) is 43.8. The average molecular weight is 369 g/mol. The molecule has 3 aromatic rings. The van der Waals surface area contributed by atoms with Crippen molar-refractivity contribution in [3.8, 4) is 0 Å². The number of nitrogens with zero attached hydrogens (tertiary/aromatic N) is 4. The van der Waals surface area contributed by atoms with Crippen molar-refractivity contribution in [3.63, 3.8) is 0 Å². The fraction of sp³-hybridized carbons (Fsp3) is 0.333. The summed E-state index contributed by atoms with van der Waals surface area (Å²) < 4.78 is 2.76. The van der Waals surface area contributed by atoms with Crippen molar-refractivity contribution in [3.05, 3.63) is 67.6 Å². The molecule has 0 spiro atoms. The molecule has 1 aliphatic rings. The van der Waals surface area contributed by atoms with E-state index in [2.05, 4.69) is 10.1 Å². The molecule has 1 amide bonds. The second kappa shape index (κ2) is 6.51. The number of aromatic amines is 1. The Morgan fingerprint density at radius 1 is 1.30 bits per heavy atom. The molecule has 0 bridgehead atoms. The van der Waals surface area contributed by atoms with Gasteiger partial charge in [-0.1, -0.05) is 6.07 Å². The first-order valence-electron chi connectivity index (χ1n) is 8.69. The first-order chi connectivity index (χ1) is 13.0. The summed E-state index contributed by atoms with van der Waals surface area (Å²) >= 11 is 0. The van der Waals surface area contributed by atoms with Gasteiger partial charge in [-0.3, -0.25) is 28.6 Å². The highest BCUT2D eigenvalue weighted by Crippen LogP contribution is 2.16. The number of carbonyl (C=O) groups is 1. The lowest BCUT2D eigenvalue weighted by atomic mass is 10.1. The van der Waals surface area contributed by atoms with Crippen molar-refractivity contribution >= 4 is 11.6 Å². The average Bonchev–Trinajstić information content (AvgIpc) is 2.97. The zero-order chi connectivity index (χ0) is 19.1. The number of hydrogen-bond donors (Lipinski definition) is 2. The Morgan fingerprint density at radius 3 is 2.89 bits per heavy atom. The zero-order valence-corrected chi connectivity index (χ0v) is 14.8. The largest absolute Gasteiger partial charge is 0.394 e. The highest BCUT2D eigenvalue weighted by Gasteiger charge is 2.28. The molecule has 0 saturated carbocycles. The summed E-state index contributed by atoms with van der Waals surface area (Å²) in [6, 6.07) is 5.30. The predicted octanol–water partition coefficient (Wildman–Crippen LogP) is -0.316. The number of H-pyrrole nitrogens is 1. The standard InChI is InChI=1S/C18H19N5O4/c1-11-3-2-4-15-19-9-13(18(27)23(11)15)16(25)21-6-5-12-14(10-21)20-22(7-8-24)17(12)26/h2-4,9,20,24H,5-8,10H2,1H3. The third-order valence-corrected chi connectivity index (χ3v) is 4.88. The summed E-state index contributed by atoms with van der Waals surface area (Å²) in [5.74, 6) is -0.411. The summed E-state index contributed by atoms with van der Waals surface area (Å²) in [5, 5.41) is 12.0. The molecule has 0 atom stereocenters. The van der Waals surface area contributed by atoms with Crippen molar-refractivity contribution in [2.24, 2.45) is 0 Å². The molecule has 0 saturated heterocycles. The minimum Gasteiger partial charge on any atom is -0.394 e. The van der Waals surface area contributed by atoms with Gasteiger partial charge in [-0.15, -0.1) is 0 Å². The fourth-order valence-corrected chi connectivity index (χ4v) is 3.50. The molecule has 140 valence electrons. The van der Waals surface area contributed by atoms with Gasteiger partial charge in [0.2, 0.25) is 0 Å². The van der Waals surface area contributed by atoms with E-state index in [4.69, 9.17) is 5.11 Å². The number of aliphatic hydroxyl groups excluding tert-OH is 1. The van der Waals surface area contributed by atoms with Crippen LogP contribution in [0.4, 0.5) is 0 Å². The molecule has 9 nitrogen and oxygen atoms in total. The van der Waals surface area contributed by atoms with Crippen LogP contribution in [0, 0.1) is 6.92 Å². The highest BCUT2D eigenvalue weighted by atomic mass is 16.3. The Bertz CT molecular complexity index is 1160. The topological polar surface area (TPSA) is 113 Å². The minimum atomic E-state index is -0.411. The van der Waals surface area contributed by atoms with E-state index in [9.17, 15) is 14.4 Å². The summed E-state index contributed by atoms with van der Waals surface area (Å²) in [6.45, 7) is 2.35. The monoisotopic (exact) mass is 369 g/mol. The second-order valence-corrected chi connectivity index (χ2v) is 6.56. The van der Waals surface area contributed by atoms with Crippen LogP contribution in [0.3, 0.4) is 0 Å². The van der Waals surface area contributed by atoms with Gasteiger partial charge < -0.3 is 10.0 Å². The van der Waals surface area contributed by atoms with E-state index >= 15 is 0 Å². The summed E-state index contributed by atoms with van der Waals surface area (Å²) in [5.41, 5.74) is 1.88. The molecule has 0 aromatic carbocycles. The van der Waals surface area contributed by atoms with Crippen molar-refractivity contribution in [1.29, 1.82) is 0 Å². The van der Waals surface area contributed by atoms with E-state index < -0.39 is 11.5 Å². The molecular formula is C18H19N5O4. The van der Waals surface area contributed by atoms with Gasteiger partial charge in [0.25, 0.3) is 17.0 Å². The molecular weight excluding hydrogens is 350 g/mol. The van der Waals surface area contributed by atoms with Crippen LogP contribution < -0.4 is 11.1 Å². The van der Waals surface area contributed by atoms with Gasteiger partial charge in [-0.05, 0) is 25.5 Å². The Kier molecular flexibility index (Phi) is 4.15. The number of nitrogens with one attached hydrogen (secondary N) is 1. The maximum Gasteiger partial charge on any atom is 0.270 e. The second-order valence-electron chi connectivity index (χ2n) is 6.56. The number of aliphatic hydroxyl groups is 1. The van der Waals surface area contributed by atoms with E-state index in [0.29, 0.717) is 35.6 Å². The van der Waals surface area contributed by atoms with Gasteiger partial charge in [-0.25, -0.2) is 4.98 Å². The molecule has 27 heavy (non-hydrogen) atoms. The van der Waals surface area contributed by atoms with Crippen LogP contribution in [0.25, 0.3) is 5.65 Å². The molecule has 1 aliphatic heterocycles. The fourth-order valence-electron chi connectivity index (χ4n) is 3.50. The zero-order valence-electron chi connectivity index (χ0n) is 14.8. The van der Waals surface area contributed by atoms with Gasteiger partial charge in [-0.2, -0.15) is 0 Å². The normalized spacial score (nSPS) is 13.8. The third-order valence-electron chi connectivity index (χ3n) is 4.88. The maximum atomic E-state index is 12.9. The first-order valence-corrected chi connectivity index (χ1v) is 8.69. The van der Waals surface area contributed by atoms with Gasteiger partial charge in [0.1, 0.15) is 11.2 Å². The SMILES string of the molecule is Cc1cccc2ncc(C(=O)N3CCc4c([nH]n(CCO)c4=O)C3)c(=O)n12. The van der Waals surface area contributed by atoms with Gasteiger partial charge >= 0.3 is 0 Å². The van der Waals surface area contributed by atoms with Crippen molar-refractivity contribution in [2.75, 3.05) is 13.2 Å². The summed E-state index contributed by atoms with van der Waals surface area (Å²) in [6.07, 6.45) is 1.71. The van der Waals surface area contributed by atoms with E-state index in [1.54, 1.807) is 25.1 Å². The van der Waals surface area contributed by atoms with Gasteiger partial charge in [0.15, 0.2) is 0 Å². The Hall–Kier alpha value is -3.20. The number of pyridine rings is 1. The lowest BCUT2D eigenvalue weighted by Gasteiger charge is -2.26. The number of carbonyl (C=O) groups excluding carboxylic acids is 1. The van der Waals surface area contributed by atoms with E-state index in [-0.39, 0.29) is 30.8 Å². The summed E-state index contributed by atoms with van der Waals surface area (Å²) in [7, 11) is 0. The number of fused-ring (bicyclic) bond motifs is 2. The van der Waals surface area contributed by atoms with Crippen molar-refractivity contribution < 1.29 is 9.90 Å². The Morgan fingerprint density at radius 2 is 2.11 bits per heavy atom. The van der Waals surface area contributed by atoms with Gasteiger partial charge in [0.05, 0.1) is 25.4 Å². The van der Waals surface area contributed by atoms with Crippen LogP contribution in [-0.2, 0) is 19.5 Å². The highest BCUT2D eigenvalue weighted by molar-refractivity contribution is 5.93. The lowest BCUT2D eigenvalue weighted by Crippen LogP contribution is -2.40. The number of amides is 1. The minimum absolute atomic E-state index is 0.00221. The van der Waals surface area contributed by atoms with E-state index in [1.165, 1.54) is 20.2 Å². The molecule has 0 fully saturated rings. The molecule has 4 heterocycles. The molecule has 0 radical (unpaired) electrons. The predicted molar refractivity (Wildman–Crippen MR) is 96.8 cm³/mol. The number of aryl methyl sites for hydroxylation is 1. The van der Waals surface area contributed by atoms with Crippen LogP contribution in [0.15, 0.2) is 34.0 Å². The van der Waals surface area contributed by atoms with Crippen LogP contribution in [-0.4, -0.2) is 48.2 Å². The Labute approximate surface area is 153 Å².